The Morgan fingerprint density at radius 2 is 2.00 bits per heavy atom. The molecule has 0 aromatic heterocycles. The average Bonchev–Trinajstić information content (AvgIpc) is 2.45. The van der Waals surface area contributed by atoms with E-state index in [0.29, 0.717) is 5.92 Å². The highest BCUT2D eigenvalue weighted by molar-refractivity contribution is 5.38. The summed E-state index contributed by atoms with van der Waals surface area (Å²) in [6.45, 7) is 8.69. The first kappa shape index (κ1) is 11.7. The van der Waals surface area contributed by atoms with Crippen molar-refractivity contribution in [2.24, 2.45) is 22.7 Å². The molecule has 0 heterocycles. The lowest BCUT2D eigenvalue weighted by atomic mass is 9.54. The van der Waals surface area contributed by atoms with Crippen LogP contribution in [0.5, 0.6) is 0 Å². The molecular weight excluding hydrogens is 212 g/mol. The van der Waals surface area contributed by atoms with Crippen LogP contribution in [0.15, 0.2) is 11.6 Å². The molecule has 3 aliphatic carbocycles. The highest BCUT2D eigenvalue weighted by Gasteiger charge is 2.76. The van der Waals surface area contributed by atoms with Crippen LogP contribution in [0.3, 0.4) is 0 Å². The van der Waals surface area contributed by atoms with Gasteiger partial charge in [0.15, 0.2) is 0 Å². The Kier molecular flexibility index (Phi) is 2.05. The molecule has 2 nitrogen and oxygen atoms in total. The molecule has 96 valence electrons. The second-order valence-electron chi connectivity index (χ2n) is 7.13. The van der Waals surface area contributed by atoms with Crippen LogP contribution < -0.4 is 0 Å². The van der Waals surface area contributed by atoms with E-state index in [0.717, 1.165) is 19.3 Å². The van der Waals surface area contributed by atoms with Crippen LogP contribution in [-0.4, -0.2) is 21.9 Å². The summed E-state index contributed by atoms with van der Waals surface area (Å²) in [5, 5.41) is 21.9. The van der Waals surface area contributed by atoms with Crippen LogP contribution in [0.25, 0.3) is 0 Å². The van der Waals surface area contributed by atoms with Crippen molar-refractivity contribution in [3.63, 3.8) is 0 Å². The molecule has 0 aromatic carbocycles. The standard InChI is InChI=1S/C15H24O2/c1-9-5-6-11-8-14(17)10(2)7-12(16)15(9,14)13(11,3)4/h5,10-12,16-17H,6-8H2,1-4H3/t10?,11?,12-,14+,15?/m1/s1. The van der Waals surface area contributed by atoms with Gasteiger partial charge in [-0.05, 0) is 43.4 Å². The molecule has 0 aliphatic heterocycles. The Balaban J connectivity index is 2.29. The Morgan fingerprint density at radius 3 is 2.65 bits per heavy atom. The van der Waals surface area contributed by atoms with Crippen LogP contribution in [0, 0.1) is 22.7 Å². The fourth-order valence-corrected chi connectivity index (χ4v) is 5.66. The van der Waals surface area contributed by atoms with Gasteiger partial charge in [-0.1, -0.05) is 32.4 Å². The number of hydrogen-bond acceptors (Lipinski definition) is 2. The molecule has 2 bridgehead atoms. The van der Waals surface area contributed by atoms with Crippen molar-refractivity contribution in [1.29, 1.82) is 0 Å². The first-order chi connectivity index (χ1) is 7.78. The molecule has 5 atom stereocenters. The number of hydrogen-bond donors (Lipinski definition) is 2. The summed E-state index contributed by atoms with van der Waals surface area (Å²) in [5.74, 6) is 0.705. The van der Waals surface area contributed by atoms with E-state index in [4.69, 9.17) is 0 Å². The molecule has 2 saturated carbocycles. The Morgan fingerprint density at radius 1 is 1.35 bits per heavy atom. The van der Waals surface area contributed by atoms with Crippen molar-refractivity contribution >= 4 is 0 Å². The lowest BCUT2D eigenvalue weighted by Gasteiger charge is -2.52. The number of aliphatic hydroxyl groups is 2. The summed E-state index contributed by atoms with van der Waals surface area (Å²) in [7, 11) is 0. The number of aliphatic hydroxyl groups excluding tert-OH is 1. The van der Waals surface area contributed by atoms with E-state index in [2.05, 4.69) is 33.8 Å². The molecule has 0 amide bonds. The number of fused-ring (bicyclic) bond motifs is 1. The van der Waals surface area contributed by atoms with Crippen LogP contribution in [0.1, 0.15) is 47.0 Å². The van der Waals surface area contributed by atoms with E-state index < -0.39 is 11.0 Å². The molecule has 0 aromatic rings. The highest BCUT2D eigenvalue weighted by Crippen LogP contribution is 2.74. The Labute approximate surface area is 104 Å². The van der Waals surface area contributed by atoms with Crippen molar-refractivity contribution in [1.82, 2.24) is 0 Å². The summed E-state index contributed by atoms with van der Waals surface area (Å²) >= 11 is 0. The van der Waals surface area contributed by atoms with Crippen molar-refractivity contribution < 1.29 is 10.2 Å². The largest absolute Gasteiger partial charge is 0.392 e. The molecule has 3 rings (SSSR count). The quantitative estimate of drug-likeness (QED) is 0.634. The van der Waals surface area contributed by atoms with Crippen LogP contribution in [-0.2, 0) is 0 Å². The fourth-order valence-electron chi connectivity index (χ4n) is 5.66. The maximum Gasteiger partial charge on any atom is 0.0800 e. The summed E-state index contributed by atoms with van der Waals surface area (Å²) in [6.07, 6.45) is 4.51. The second-order valence-corrected chi connectivity index (χ2v) is 7.13. The normalized spacial score (nSPS) is 55.6. The predicted molar refractivity (Wildman–Crippen MR) is 67.4 cm³/mol. The third-order valence-corrected chi connectivity index (χ3v) is 6.50. The molecule has 3 aliphatic rings. The Bertz CT molecular complexity index is 398. The van der Waals surface area contributed by atoms with Crippen LogP contribution >= 0.6 is 0 Å². The first-order valence-electron chi connectivity index (χ1n) is 6.86. The van der Waals surface area contributed by atoms with Crippen LogP contribution in [0.2, 0.25) is 0 Å². The maximum absolute atomic E-state index is 11.2. The summed E-state index contributed by atoms with van der Waals surface area (Å²) in [4.78, 5) is 0. The SMILES string of the molecule is CC1=CCC2C[C@]3(O)C(C)C[C@@H](O)C13C2(C)C. The zero-order chi connectivity index (χ0) is 12.6. The minimum atomic E-state index is -0.697. The van der Waals surface area contributed by atoms with E-state index in [9.17, 15) is 10.2 Å². The van der Waals surface area contributed by atoms with E-state index in [1.807, 2.05) is 0 Å². The zero-order valence-corrected chi connectivity index (χ0v) is 11.3. The van der Waals surface area contributed by atoms with E-state index >= 15 is 0 Å². The minimum Gasteiger partial charge on any atom is -0.392 e. The average molecular weight is 236 g/mol. The van der Waals surface area contributed by atoms with Gasteiger partial charge in [0, 0.05) is 0 Å². The number of allylic oxidation sites excluding steroid dienone is 1. The molecule has 2 N–H and O–H groups in total. The zero-order valence-electron chi connectivity index (χ0n) is 11.3. The fraction of sp³-hybridized carbons (Fsp3) is 0.867. The van der Waals surface area contributed by atoms with E-state index in [1.54, 1.807) is 0 Å². The maximum atomic E-state index is 11.2. The van der Waals surface area contributed by atoms with Crippen molar-refractivity contribution in [2.45, 2.75) is 58.7 Å². The van der Waals surface area contributed by atoms with Gasteiger partial charge < -0.3 is 10.2 Å². The lowest BCUT2D eigenvalue weighted by Crippen LogP contribution is -2.55. The van der Waals surface area contributed by atoms with Gasteiger partial charge in [0.2, 0.25) is 0 Å². The smallest absolute Gasteiger partial charge is 0.0800 e. The van der Waals surface area contributed by atoms with Gasteiger partial charge in [-0.15, -0.1) is 0 Å². The van der Waals surface area contributed by atoms with Gasteiger partial charge in [0.25, 0.3) is 0 Å². The predicted octanol–water partition coefficient (Wildman–Crippen LogP) is 2.50. The van der Waals surface area contributed by atoms with Crippen molar-refractivity contribution in [3.8, 4) is 0 Å². The van der Waals surface area contributed by atoms with Gasteiger partial charge in [-0.25, -0.2) is 0 Å². The summed E-state index contributed by atoms with van der Waals surface area (Å²) < 4.78 is 0. The third kappa shape index (κ3) is 0.943. The number of rotatable bonds is 0. The van der Waals surface area contributed by atoms with Gasteiger partial charge in [0.1, 0.15) is 0 Å². The molecule has 0 radical (unpaired) electrons. The van der Waals surface area contributed by atoms with Gasteiger partial charge in [0.05, 0.1) is 17.1 Å². The molecule has 0 saturated heterocycles. The first-order valence-corrected chi connectivity index (χ1v) is 6.86. The molecule has 1 spiro atoms. The van der Waals surface area contributed by atoms with Gasteiger partial charge in [-0.2, -0.15) is 0 Å². The lowest BCUT2D eigenvalue weighted by molar-refractivity contribution is -0.114. The summed E-state index contributed by atoms with van der Waals surface area (Å²) in [6, 6.07) is 0. The van der Waals surface area contributed by atoms with Gasteiger partial charge in [-0.3, -0.25) is 0 Å². The molecule has 2 heteroatoms. The topological polar surface area (TPSA) is 40.5 Å². The summed E-state index contributed by atoms with van der Waals surface area (Å²) in [5.41, 5.74) is 0.126. The van der Waals surface area contributed by atoms with Crippen molar-refractivity contribution in [3.05, 3.63) is 11.6 Å². The molecular formula is C15H24O2. The molecule has 3 unspecified atom stereocenters. The van der Waals surface area contributed by atoms with E-state index in [1.165, 1.54) is 5.57 Å². The second kappa shape index (κ2) is 2.97. The van der Waals surface area contributed by atoms with Gasteiger partial charge >= 0.3 is 0 Å². The monoisotopic (exact) mass is 236 g/mol. The van der Waals surface area contributed by atoms with Crippen molar-refractivity contribution in [2.75, 3.05) is 0 Å². The minimum absolute atomic E-state index is 0.00472. The van der Waals surface area contributed by atoms with E-state index in [-0.39, 0.29) is 17.4 Å². The molecule has 17 heavy (non-hydrogen) atoms. The van der Waals surface area contributed by atoms with Crippen LogP contribution in [0.4, 0.5) is 0 Å². The molecule has 2 fully saturated rings. The highest BCUT2D eigenvalue weighted by atomic mass is 16.3. The third-order valence-electron chi connectivity index (χ3n) is 6.50. The Hall–Kier alpha value is -0.340.